The number of carbonyl (C=O) groups excluding carboxylic acids is 1. The normalized spacial score (nSPS) is 16.9. The predicted octanol–water partition coefficient (Wildman–Crippen LogP) is 3.40. The van der Waals surface area contributed by atoms with E-state index in [1.165, 1.54) is 0 Å². The number of hydrogen-bond acceptors (Lipinski definition) is 5. The van der Waals surface area contributed by atoms with Gasteiger partial charge in [-0.1, -0.05) is 0 Å². The minimum atomic E-state index is -0.674. The van der Waals surface area contributed by atoms with Crippen LogP contribution >= 0.6 is 0 Å². The average molecular weight is 331 g/mol. The average Bonchev–Trinajstić information content (AvgIpc) is 2.54. The van der Waals surface area contributed by atoms with Gasteiger partial charge in [-0.15, -0.1) is 0 Å². The molecule has 0 bridgehead atoms. The number of nitriles is 1. The number of piperidine rings is 1. The maximum atomic E-state index is 12.1. The molecule has 1 aliphatic heterocycles. The number of anilines is 1. The Kier molecular flexibility index (Phi) is 5.23. The lowest BCUT2D eigenvalue weighted by atomic mass is 9.88. The smallest absolute Gasteiger partial charge is 0.410 e. The molecule has 1 amide bonds. The van der Waals surface area contributed by atoms with Gasteiger partial charge in [0.15, 0.2) is 0 Å². The van der Waals surface area contributed by atoms with Crippen LogP contribution in [0.1, 0.15) is 33.6 Å². The molecule has 0 spiro atoms. The zero-order valence-corrected chi connectivity index (χ0v) is 14.8. The highest BCUT2D eigenvalue weighted by Gasteiger charge is 2.37. The number of amides is 1. The molecule has 130 valence electrons. The van der Waals surface area contributed by atoms with Crippen LogP contribution in [0.15, 0.2) is 24.3 Å². The lowest BCUT2D eigenvalue weighted by Crippen LogP contribution is -2.51. The van der Waals surface area contributed by atoms with E-state index in [0.717, 1.165) is 11.4 Å². The molecule has 0 unspecified atom stereocenters. The number of nitrogens with zero attached hydrogens (tertiary/aromatic N) is 2. The van der Waals surface area contributed by atoms with Crippen molar-refractivity contribution in [2.45, 2.75) is 44.8 Å². The molecular formula is C18H25N3O3. The summed E-state index contributed by atoms with van der Waals surface area (Å²) >= 11 is 0. The van der Waals surface area contributed by atoms with Crippen molar-refractivity contribution in [2.75, 3.05) is 25.5 Å². The molecule has 0 saturated carbocycles. The third-order valence-corrected chi connectivity index (χ3v) is 3.96. The molecule has 1 N–H and O–H groups in total. The summed E-state index contributed by atoms with van der Waals surface area (Å²) in [5, 5.41) is 13.0. The van der Waals surface area contributed by atoms with Crippen LogP contribution in [0.5, 0.6) is 5.75 Å². The first-order valence-electron chi connectivity index (χ1n) is 8.08. The molecule has 0 aromatic heterocycles. The van der Waals surface area contributed by atoms with E-state index in [4.69, 9.17) is 9.47 Å². The molecule has 1 heterocycles. The van der Waals surface area contributed by atoms with Gasteiger partial charge in [0.1, 0.15) is 16.9 Å². The van der Waals surface area contributed by atoms with Gasteiger partial charge in [0, 0.05) is 31.6 Å². The predicted molar refractivity (Wildman–Crippen MR) is 92.0 cm³/mol. The summed E-state index contributed by atoms with van der Waals surface area (Å²) in [6.45, 7) is 6.52. The summed E-state index contributed by atoms with van der Waals surface area (Å²) in [6.07, 6.45) is 0.780. The first-order valence-corrected chi connectivity index (χ1v) is 8.08. The largest absolute Gasteiger partial charge is 0.497 e. The second kappa shape index (κ2) is 7.00. The second-order valence-corrected chi connectivity index (χ2v) is 7.01. The highest BCUT2D eigenvalue weighted by molar-refractivity contribution is 5.68. The van der Waals surface area contributed by atoms with Gasteiger partial charge >= 0.3 is 6.09 Å². The standard InChI is InChI=1S/C18H25N3O3/c1-17(2,3)24-16(22)21-11-9-18(13-19,10-12-21)20-14-5-7-15(23-4)8-6-14/h5-8,20H,9-12H2,1-4H3. The Morgan fingerprint density at radius 3 is 2.29 bits per heavy atom. The molecule has 1 fully saturated rings. The summed E-state index contributed by atoms with van der Waals surface area (Å²) in [4.78, 5) is 13.8. The number of nitrogens with one attached hydrogen (secondary N) is 1. The number of benzene rings is 1. The van der Waals surface area contributed by atoms with E-state index in [1.54, 1.807) is 12.0 Å². The Balaban J connectivity index is 1.98. The van der Waals surface area contributed by atoms with E-state index >= 15 is 0 Å². The Bertz CT molecular complexity index is 606. The zero-order chi connectivity index (χ0) is 17.8. The summed E-state index contributed by atoms with van der Waals surface area (Å²) < 4.78 is 10.5. The van der Waals surface area contributed by atoms with Crippen LogP contribution in [-0.4, -0.2) is 42.3 Å². The lowest BCUT2D eigenvalue weighted by Gasteiger charge is -2.38. The number of ether oxygens (including phenoxy) is 2. The molecule has 1 saturated heterocycles. The summed E-state index contributed by atoms with van der Waals surface area (Å²) in [6, 6.07) is 9.86. The van der Waals surface area contributed by atoms with Gasteiger partial charge in [0.05, 0.1) is 13.2 Å². The fourth-order valence-electron chi connectivity index (χ4n) is 2.61. The molecule has 6 heteroatoms. The van der Waals surface area contributed by atoms with Crippen molar-refractivity contribution in [3.05, 3.63) is 24.3 Å². The van der Waals surface area contributed by atoms with Crippen LogP contribution in [0.3, 0.4) is 0 Å². The SMILES string of the molecule is COc1ccc(NC2(C#N)CCN(C(=O)OC(C)(C)C)CC2)cc1. The maximum Gasteiger partial charge on any atom is 0.410 e. The first-order chi connectivity index (χ1) is 11.3. The quantitative estimate of drug-likeness (QED) is 0.919. The molecule has 24 heavy (non-hydrogen) atoms. The summed E-state index contributed by atoms with van der Waals surface area (Å²) in [7, 11) is 1.62. The Hall–Kier alpha value is -2.42. The molecule has 2 rings (SSSR count). The van der Waals surface area contributed by atoms with E-state index in [0.29, 0.717) is 25.9 Å². The summed E-state index contributed by atoms with van der Waals surface area (Å²) in [5.41, 5.74) is -0.321. The van der Waals surface area contributed by atoms with Crippen LogP contribution < -0.4 is 10.1 Å². The highest BCUT2D eigenvalue weighted by atomic mass is 16.6. The van der Waals surface area contributed by atoms with Gasteiger partial charge in [-0.25, -0.2) is 4.79 Å². The number of rotatable bonds is 3. The number of likely N-dealkylation sites (tertiary alicyclic amines) is 1. The van der Waals surface area contributed by atoms with Crippen molar-refractivity contribution < 1.29 is 14.3 Å². The maximum absolute atomic E-state index is 12.1. The highest BCUT2D eigenvalue weighted by Crippen LogP contribution is 2.28. The molecular weight excluding hydrogens is 306 g/mol. The minimum absolute atomic E-state index is 0.321. The van der Waals surface area contributed by atoms with Gasteiger partial charge < -0.3 is 19.7 Å². The fraction of sp³-hybridized carbons (Fsp3) is 0.556. The molecule has 0 atom stereocenters. The molecule has 0 aliphatic carbocycles. The monoisotopic (exact) mass is 331 g/mol. The molecule has 1 aliphatic rings. The van der Waals surface area contributed by atoms with Crippen molar-refractivity contribution in [3.8, 4) is 11.8 Å². The van der Waals surface area contributed by atoms with E-state index in [9.17, 15) is 10.1 Å². The fourth-order valence-corrected chi connectivity index (χ4v) is 2.61. The van der Waals surface area contributed by atoms with Crippen LogP contribution in [0.4, 0.5) is 10.5 Å². The van der Waals surface area contributed by atoms with Gasteiger partial charge in [-0.2, -0.15) is 5.26 Å². The Labute approximate surface area is 143 Å². The number of hydrogen-bond donors (Lipinski definition) is 1. The van der Waals surface area contributed by atoms with Gasteiger partial charge in [0.25, 0.3) is 0 Å². The van der Waals surface area contributed by atoms with Crippen molar-refractivity contribution in [1.82, 2.24) is 4.90 Å². The zero-order valence-electron chi connectivity index (χ0n) is 14.8. The third-order valence-electron chi connectivity index (χ3n) is 3.96. The van der Waals surface area contributed by atoms with Crippen molar-refractivity contribution in [3.63, 3.8) is 0 Å². The molecule has 0 radical (unpaired) electrons. The summed E-state index contributed by atoms with van der Waals surface area (Å²) in [5.74, 6) is 0.770. The molecule has 1 aromatic rings. The Morgan fingerprint density at radius 2 is 1.83 bits per heavy atom. The van der Waals surface area contributed by atoms with Crippen molar-refractivity contribution >= 4 is 11.8 Å². The van der Waals surface area contributed by atoms with E-state index in [1.807, 2.05) is 45.0 Å². The van der Waals surface area contributed by atoms with Gasteiger partial charge in [-0.3, -0.25) is 0 Å². The molecule has 6 nitrogen and oxygen atoms in total. The van der Waals surface area contributed by atoms with Crippen LogP contribution in [0.25, 0.3) is 0 Å². The van der Waals surface area contributed by atoms with E-state index in [-0.39, 0.29) is 6.09 Å². The van der Waals surface area contributed by atoms with Crippen molar-refractivity contribution in [2.24, 2.45) is 0 Å². The van der Waals surface area contributed by atoms with Crippen LogP contribution in [-0.2, 0) is 4.74 Å². The molecule has 1 aromatic carbocycles. The lowest BCUT2D eigenvalue weighted by molar-refractivity contribution is 0.0195. The van der Waals surface area contributed by atoms with Crippen LogP contribution in [0, 0.1) is 11.3 Å². The minimum Gasteiger partial charge on any atom is -0.497 e. The topological polar surface area (TPSA) is 74.6 Å². The van der Waals surface area contributed by atoms with Crippen molar-refractivity contribution in [1.29, 1.82) is 5.26 Å². The van der Waals surface area contributed by atoms with Gasteiger partial charge in [0.2, 0.25) is 0 Å². The third kappa shape index (κ3) is 4.54. The first kappa shape index (κ1) is 17.9. The number of methoxy groups -OCH3 is 1. The number of carbonyl (C=O) groups is 1. The Morgan fingerprint density at radius 1 is 1.25 bits per heavy atom. The van der Waals surface area contributed by atoms with E-state index < -0.39 is 11.1 Å². The van der Waals surface area contributed by atoms with E-state index in [2.05, 4.69) is 11.4 Å². The van der Waals surface area contributed by atoms with Crippen LogP contribution in [0.2, 0.25) is 0 Å². The van der Waals surface area contributed by atoms with Gasteiger partial charge in [-0.05, 0) is 45.0 Å². The second-order valence-electron chi connectivity index (χ2n) is 7.01.